The maximum atomic E-state index is 14.5. The topological polar surface area (TPSA) is 60.5 Å². The van der Waals surface area contributed by atoms with Crippen LogP contribution in [0.15, 0.2) is 41.2 Å². The quantitative estimate of drug-likeness (QED) is 0.489. The maximum Gasteiger partial charge on any atom is 0.417 e. The smallest absolute Gasteiger partial charge is 0.417 e. The minimum atomic E-state index is -4.79. The van der Waals surface area contributed by atoms with E-state index < -0.39 is 52.5 Å². The van der Waals surface area contributed by atoms with Crippen molar-refractivity contribution in [3.63, 3.8) is 0 Å². The van der Waals surface area contributed by atoms with E-state index in [2.05, 4.69) is 4.98 Å². The Bertz CT molecular complexity index is 1300. The highest BCUT2D eigenvalue weighted by Gasteiger charge is 2.65. The standard InChI is InChI=1S/C24H22F5NO4/c1-11-18(12-8-9-13(25)20(26)21(12)33-4)22(34-23(11,2)24(27,28)29)15-10-16(31)19-14(30-15)6-5-7-17(19)32-3/h5-11,18,22H,1-4H3,(H,30,31)/t11-,18-,22-,23+/m0/s1. The van der Waals surface area contributed by atoms with Gasteiger partial charge in [0.2, 0.25) is 5.82 Å². The van der Waals surface area contributed by atoms with Crippen LogP contribution >= 0.6 is 0 Å². The van der Waals surface area contributed by atoms with Crippen LogP contribution in [0.3, 0.4) is 0 Å². The normalized spacial score (nSPS) is 25.0. The van der Waals surface area contributed by atoms with Crippen molar-refractivity contribution in [3.05, 3.63) is 69.5 Å². The van der Waals surface area contributed by atoms with Crippen LogP contribution in [0.2, 0.25) is 0 Å². The lowest BCUT2D eigenvalue weighted by Crippen LogP contribution is -2.46. The summed E-state index contributed by atoms with van der Waals surface area (Å²) in [5.74, 6) is -5.11. The lowest BCUT2D eigenvalue weighted by molar-refractivity contribution is -0.275. The van der Waals surface area contributed by atoms with Crippen LogP contribution in [0.5, 0.6) is 11.5 Å². The summed E-state index contributed by atoms with van der Waals surface area (Å²) in [7, 11) is 2.49. The minimum Gasteiger partial charge on any atom is -0.496 e. The van der Waals surface area contributed by atoms with Gasteiger partial charge in [0.25, 0.3) is 0 Å². The number of hydrogen-bond donors (Lipinski definition) is 1. The number of halogens is 5. The summed E-state index contributed by atoms with van der Waals surface area (Å²) in [4.78, 5) is 15.9. The fourth-order valence-corrected chi connectivity index (χ4v) is 4.70. The third-order valence-electron chi connectivity index (χ3n) is 6.68. The SMILES string of the molecule is COc1c([C@H]2[C@H](c3cc(=O)c4c(OC)cccc4[nH]3)O[C@@](C)(C(F)(F)F)[C@H]2C)ccc(F)c1F. The van der Waals surface area contributed by atoms with Crippen molar-refractivity contribution in [2.45, 2.75) is 37.6 Å². The molecule has 2 aromatic carbocycles. The average molecular weight is 483 g/mol. The van der Waals surface area contributed by atoms with Crippen molar-refractivity contribution in [2.75, 3.05) is 14.2 Å². The molecule has 4 atom stereocenters. The number of aromatic nitrogens is 1. The van der Waals surface area contributed by atoms with E-state index in [-0.39, 0.29) is 16.6 Å². The Balaban J connectivity index is 1.97. The second-order valence-electron chi connectivity index (χ2n) is 8.41. The first-order chi connectivity index (χ1) is 15.9. The summed E-state index contributed by atoms with van der Waals surface area (Å²) in [6.07, 6.45) is -6.13. The van der Waals surface area contributed by atoms with Crippen LogP contribution in [-0.4, -0.2) is 31.0 Å². The van der Waals surface area contributed by atoms with Gasteiger partial charge >= 0.3 is 6.18 Å². The van der Waals surface area contributed by atoms with Gasteiger partial charge in [0.05, 0.1) is 25.1 Å². The number of H-pyrrole nitrogens is 1. The lowest BCUT2D eigenvalue weighted by atomic mass is 9.76. The molecular weight excluding hydrogens is 461 g/mol. The molecule has 10 heteroatoms. The van der Waals surface area contributed by atoms with E-state index in [1.165, 1.54) is 20.1 Å². The van der Waals surface area contributed by atoms with E-state index in [0.29, 0.717) is 11.3 Å². The zero-order valence-electron chi connectivity index (χ0n) is 18.7. The van der Waals surface area contributed by atoms with Gasteiger partial charge in [0.1, 0.15) is 11.9 Å². The summed E-state index contributed by atoms with van der Waals surface area (Å²) >= 11 is 0. The van der Waals surface area contributed by atoms with Crippen molar-refractivity contribution in [1.82, 2.24) is 4.98 Å². The van der Waals surface area contributed by atoms with Gasteiger partial charge in [-0.05, 0) is 25.1 Å². The van der Waals surface area contributed by atoms with Crippen molar-refractivity contribution in [1.29, 1.82) is 0 Å². The zero-order valence-corrected chi connectivity index (χ0v) is 18.7. The van der Waals surface area contributed by atoms with Crippen LogP contribution in [0, 0.1) is 17.6 Å². The van der Waals surface area contributed by atoms with Crippen molar-refractivity contribution in [2.24, 2.45) is 5.92 Å². The number of nitrogens with one attached hydrogen (secondary N) is 1. The molecule has 34 heavy (non-hydrogen) atoms. The van der Waals surface area contributed by atoms with Gasteiger partial charge in [-0.3, -0.25) is 4.79 Å². The number of fused-ring (bicyclic) bond motifs is 1. The molecule has 0 radical (unpaired) electrons. The van der Waals surface area contributed by atoms with Crippen molar-refractivity contribution < 1.29 is 36.2 Å². The molecule has 1 fully saturated rings. The van der Waals surface area contributed by atoms with Gasteiger partial charge in [0, 0.05) is 29.2 Å². The second-order valence-corrected chi connectivity index (χ2v) is 8.41. The Hall–Kier alpha value is -3.14. The van der Waals surface area contributed by atoms with Gasteiger partial charge in [-0.25, -0.2) is 4.39 Å². The first-order valence-electron chi connectivity index (χ1n) is 10.4. The molecule has 0 bridgehead atoms. The first-order valence-corrected chi connectivity index (χ1v) is 10.4. The molecule has 182 valence electrons. The molecule has 4 rings (SSSR count). The molecule has 3 aromatic rings. The summed E-state index contributed by atoms with van der Waals surface area (Å²) in [6, 6.07) is 7.93. The highest BCUT2D eigenvalue weighted by molar-refractivity contribution is 5.85. The lowest BCUT2D eigenvalue weighted by Gasteiger charge is -2.32. The van der Waals surface area contributed by atoms with Crippen LogP contribution in [0.4, 0.5) is 22.0 Å². The van der Waals surface area contributed by atoms with E-state index in [9.17, 15) is 26.7 Å². The van der Waals surface area contributed by atoms with Crippen molar-refractivity contribution >= 4 is 10.9 Å². The molecule has 1 aliphatic heterocycles. The van der Waals surface area contributed by atoms with Gasteiger partial charge in [-0.15, -0.1) is 0 Å². The zero-order chi connectivity index (χ0) is 25.0. The maximum absolute atomic E-state index is 14.5. The number of pyridine rings is 1. The third-order valence-corrected chi connectivity index (χ3v) is 6.68. The number of rotatable bonds is 4. The highest BCUT2D eigenvalue weighted by Crippen LogP contribution is 2.59. The molecule has 1 aromatic heterocycles. The molecule has 2 heterocycles. The van der Waals surface area contributed by atoms with Gasteiger partial charge in [-0.1, -0.05) is 19.1 Å². The molecule has 1 N–H and O–H groups in total. The number of benzene rings is 2. The van der Waals surface area contributed by atoms with Gasteiger partial charge in [-0.2, -0.15) is 17.6 Å². The van der Waals surface area contributed by atoms with E-state index in [4.69, 9.17) is 14.2 Å². The molecule has 0 amide bonds. The van der Waals surface area contributed by atoms with Crippen molar-refractivity contribution in [3.8, 4) is 11.5 Å². The van der Waals surface area contributed by atoms with Gasteiger partial charge < -0.3 is 19.2 Å². The fraction of sp³-hybridized carbons (Fsp3) is 0.375. The van der Waals surface area contributed by atoms with E-state index in [1.807, 2.05) is 0 Å². The third kappa shape index (κ3) is 3.51. The Morgan fingerprint density at radius 3 is 2.41 bits per heavy atom. The molecule has 0 aliphatic carbocycles. The van der Waals surface area contributed by atoms with E-state index in [0.717, 1.165) is 26.2 Å². The number of hydrogen-bond acceptors (Lipinski definition) is 4. The van der Waals surface area contributed by atoms with Gasteiger partial charge in [0.15, 0.2) is 22.6 Å². The van der Waals surface area contributed by atoms with Crippen LogP contribution < -0.4 is 14.9 Å². The van der Waals surface area contributed by atoms with Crippen LogP contribution in [0.1, 0.15) is 37.1 Å². The Morgan fingerprint density at radius 1 is 1.09 bits per heavy atom. The minimum absolute atomic E-state index is 0.00142. The number of aromatic amines is 1. The Labute approximate surface area is 191 Å². The molecular formula is C24H22F5NO4. The van der Waals surface area contributed by atoms with Crippen LogP contribution in [0.25, 0.3) is 10.9 Å². The largest absolute Gasteiger partial charge is 0.496 e. The Morgan fingerprint density at radius 2 is 1.79 bits per heavy atom. The first kappa shape index (κ1) is 24.0. The Kier molecular flexibility index (Phi) is 5.83. The molecule has 0 saturated carbocycles. The number of methoxy groups -OCH3 is 2. The predicted octanol–water partition coefficient (Wildman–Crippen LogP) is 5.64. The summed E-state index contributed by atoms with van der Waals surface area (Å²) in [5, 5.41) is 0.223. The second kappa shape index (κ2) is 8.26. The summed E-state index contributed by atoms with van der Waals surface area (Å²) in [5.41, 5.74) is -2.75. The van der Waals surface area contributed by atoms with Crippen LogP contribution in [-0.2, 0) is 4.74 Å². The van der Waals surface area contributed by atoms with E-state index in [1.54, 1.807) is 18.2 Å². The molecule has 1 aliphatic rings. The summed E-state index contributed by atoms with van der Waals surface area (Å²) < 4.78 is 86.7. The molecule has 1 saturated heterocycles. The highest BCUT2D eigenvalue weighted by atomic mass is 19.4. The molecule has 0 spiro atoms. The van der Waals surface area contributed by atoms with E-state index >= 15 is 0 Å². The molecule has 0 unspecified atom stereocenters. The fourth-order valence-electron chi connectivity index (χ4n) is 4.70. The average Bonchev–Trinajstić information content (AvgIpc) is 3.06. The number of ether oxygens (including phenoxy) is 3. The predicted molar refractivity (Wildman–Crippen MR) is 114 cm³/mol. The molecule has 5 nitrogen and oxygen atoms in total. The summed E-state index contributed by atoms with van der Waals surface area (Å²) in [6.45, 7) is 2.22. The monoisotopic (exact) mass is 483 g/mol. The number of alkyl halides is 3.